The van der Waals surface area contributed by atoms with Gasteiger partial charge in [-0.05, 0) is 6.42 Å². The Bertz CT molecular complexity index is 290. The van der Waals surface area contributed by atoms with Gasteiger partial charge in [0.05, 0.1) is 12.6 Å². The second-order valence-corrected chi connectivity index (χ2v) is 4.31. The van der Waals surface area contributed by atoms with E-state index >= 15 is 0 Å². The number of β-amino-alcohol motifs (C(OH)–C–C–N with tert-alkyl or cyclic N) is 1. The van der Waals surface area contributed by atoms with Crippen LogP contribution in [-0.2, 0) is 6.54 Å². The van der Waals surface area contributed by atoms with Gasteiger partial charge in [0.2, 0.25) is 5.13 Å². The lowest BCUT2D eigenvalue weighted by atomic mass is 10.3. The number of aliphatic hydroxyl groups is 1. The van der Waals surface area contributed by atoms with Crippen molar-refractivity contribution in [2.45, 2.75) is 19.1 Å². The molecule has 1 aliphatic rings. The number of nitrogen functional groups attached to an aromatic ring is 1. The van der Waals surface area contributed by atoms with E-state index in [9.17, 15) is 5.11 Å². The summed E-state index contributed by atoms with van der Waals surface area (Å²) >= 11 is 1.41. The first-order valence-electron chi connectivity index (χ1n) is 4.22. The van der Waals surface area contributed by atoms with E-state index in [-0.39, 0.29) is 6.10 Å². The molecule has 13 heavy (non-hydrogen) atoms. The molecule has 0 amide bonds. The van der Waals surface area contributed by atoms with Crippen molar-refractivity contribution < 1.29 is 5.11 Å². The predicted molar refractivity (Wildman–Crippen MR) is 50.2 cm³/mol. The van der Waals surface area contributed by atoms with Gasteiger partial charge < -0.3 is 10.8 Å². The number of rotatable bonds is 2. The van der Waals surface area contributed by atoms with Crippen molar-refractivity contribution in [3.63, 3.8) is 0 Å². The van der Waals surface area contributed by atoms with Crippen molar-refractivity contribution in [3.05, 3.63) is 5.01 Å². The summed E-state index contributed by atoms with van der Waals surface area (Å²) in [6.45, 7) is 2.42. The largest absolute Gasteiger partial charge is 0.392 e. The molecular formula is C7H12N4OS. The van der Waals surface area contributed by atoms with E-state index in [1.165, 1.54) is 11.3 Å². The van der Waals surface area contributed by atoms with E-state index in [2.05, 4.69) is 15.1 Å². The van der Waals surface area contributed by atoms with Gasteiger partial charge in [-0.15, -0.1) is 10.2 Å². The molecule has 1 aromatic heterocycles. The molecule has 0 saturated carbocycles. The molecule has 2 heterocycles. The molecule has 1 unspecified atom stereocenters. The van der Waals surface area contributed by atoms with Gasteiger partial charge in [0.1, 0.15) is 5.01 Å². The molecule has 1 aromatic rings. The number of anilines is 1. The van der Waals surface area contributed by atoms with Crippen LogP contribution in [-0.4, -0.2) is 39.4 Å². The van der Waals surface area contributed by atoms with E-state index in [0.29, 0.717) is 5.13 Å². The van der Waals surface area contributed by atoms with E-state index in [1.54, 1.807) is 0 Å². The maximum Gasteiger partial charge on any atom is 0.203 e. The molecule has 6 heteroatoms. The molecule has 0 bridgehead atoms. The van der Waals surface area contributed by atoms with Crippen molar-refractivity contribution in [2.24, 2.45) is 0 Å². The second-order valence-electron chi connectivity index (χ2n) is 3.21. The number of likely N-dealkylation sites (tertiary alicyclic amines) is 1. The Morgan fingerprint density at radius 3 is 3.00 bits per heavy atom. The van der Waals surface area contributed by atoms with Gasteiger partial charge in [-0.1, -0.05) is 11.3 Å². The summed E-state index contributed by atoms with van der Waals surface area (Å²) in [5.41, 5.74) is 5.46. The highest BCUT2D eigenvalue weighted by Gasteiger charge is 2.20. The minimum Gasteiger partial charge on any atom is -0.392 e. The Kier molecular flexibility index (Phi) is 2.43. The number of aromatic nitrogens is 2. The van der Waals surface area contributed by atoms with Crippen LogP contribution >= 0.6 is 11.3 Å². The highest BCUT2D eigenvalue weighted by atomic mass is 32.1. The zero-order valence-corrected chi connectivity index (χ0v) is 8.00. The van der Waals surface area contributed by atoms with Crippen LogP contribution in [0.1, 0.15) is 11.4 Å². The van der Waals surface area contributed by atoms with Crippen LogP contribution in [0.4, 0.5) is 5.13 Å². The summed E-state index contributed by atoms with van der Waals surface area (Å²) in [5, 5.41) is 18.4. The van der Waals surface area contributed by atoms with Crippen LogP contribution in [0.15, 0.2) is 0 Å². The number of hydrogen-bond donors (Lipinski definition) is 2. The minimum absolute atomic E-state index is 0.176. The van der Waals surface area contributed by atoms with Crippen LogP contribution in [0.5, 0.6) is 0 Å². The summed E-state index contributed by atoms with van der Waals surface area (Å²) < 4.78 is 0. The lowest BCUT2D eigenvalue weighted by Gasteiger charge is -2.11. The Balaban J connectivity index is 1.91. The van der Waals surface area contributed by atoms with Gasteiger partial charge in [-0.2, -0.15) is 0 Å². The molecule has 0 aliphatic carbocycles. The maximum atomic E-state index is 9.28. The molecule has 0 aromatic carbocycles. The molecule has 1 aliphatic heterocycles. The van der Waals surface area contributed by atoms with Crippen LogP contribution in [0.3, 0.4) is 0 Å². The fraction of sp³-hybridized carbons (Fsp3) is 0.714. The first kappa shape index (κ1) is 8.86. The third-order valence-electron chi connectivity index (χ3n) is 2.09. The molecule has 1 atom stereocenters. The fourth-order valence-electron chi connectivity index (χ4n) is 1.48. The lowest BCUT2D eigenvalue weighted by molar-refractivity contribution is 0.174. The quantitative estimate of drug-likeness (QED) is 0.684. The molecule has 3 N–H and O–H groups in total. The van der Waals surface area contributed by atoms with Crippen LogP contribution < -0.4 is 5.73 Å². The summed E-state index contributed by atoms with van der Waals surface area (Å²) in [6, 6.07) is 0. The van der Waals surface area contributed by atoms with Crippen LogP contribution in [0.25, 0.3) is 0 Å². The van der Waals surface area contributed by atoms with E-state index in [1.807, 2.05) is 0 Å². The molecule has 0 spiro atoms. The highest BCUT2D eigenvalue weighted by molar-refractivity contribution is 7.15. The number of nitrogens with two attached hydrogens (primary N) is 1. The number of nitrogens with zero attached hydrogens (tertiary/aromatic N) is 3. The van der Waals surface area contributed by atoms with Gasteiger partial charge >= 0.3 is 0 Å². The van der Waals surface area contributed by atoms with E-state index in [4.69, 9.17) is 5.73 Å². The average Bonchev–Trinajstić information content (AvgIpc) is 2.62. The van der Waals surface area contributed by atoms with Gasteiger partial charge in [-0.25, -0.2) is 0 Å². The van der Waals surface area contributed by atoms with Crippen molar-refractivity contribution in [1.29, 1.82) is 0 Å². The minimum atomic E-state index is -0.176. The van der Waals surface area contributed by atoms with Crippen LogP contribution in [0, 0.1) is 0 Å². The fourth-order valence-corrected chi connectivity index (χ4v) is 2.13. The van der Waals surface area contributed by atoms with E-state index in [0.717, 1.165) is 31.1 Å². The molecule has 1 fully saturated rings. The summed E-state index contributed by atoms with van der Waals surface area (Å²) in [7, 11) is 0. The molecule has 1 saturated heterocycles. The number of aliphatic hydroxyl groups excluding tert-OH is 1. The molecule has 5 nitrogen and oxygen atoms in total. The lowest BCUT2D eigenvalue weighted by Crippen LogP contribution is -2.21. The van der Waals surface area contributed by atoms with Gasteiger partial charge in [0.25, 0.3) is 0 Å². The van der Waals surface area contributed by atoms with Gasteiger partial charge in [-0.3, -0.25) is 4.90 Å². The average molecular weight is 200 g/mol. The predicted octanol–water partition coefficient (Wildman–Crippen LogP) is -0.313. The zero-order valence-electron chi connectivity index (χ0n) is 7.18. The van der Waals surface area contributed by atoms with Crippen molar-refractivity contribution >= 4 is 16.5 Å². The maximum absolute atomic E-state index is 9.28. The van der Waals surface area contributed by atoms with Crippen molar-refractivity contribution in [1.82, 2.24) is 15.1 Å². The Morgan fingerprint density at radius 2 is 2.46 bits per heavy atom. The Hall–Kier alpha value is -0.720. The zero-order chi connectivity index (χ0) is 9.26. The molecule has 0 radical (unpaired) electrons. The van der Waals surface area contributed by atoms with Crippen molar-refractivity contribution in [3.8, 4) is 0 Å². The standard InChI is InChI=1S/C7H12N4OS/c8-7-10-9-6(13-7)4-11-2-1-5(12)3-11/h5,12H,1-4H2,(H2,8,10). The molecule has 72 valence electrons. The van der Waals surface area contributed by atoms with Gasteiger partial charge in [0, 0.05) is 13.1 Å². The highest BCUT2D eigenvalue weighted by Crippen LogP contribution is 2.16. The Morgan fingerprint density at radius 1 is 1.62 bits per heavy atom. The SMILES string of the molecule is Nc1nnc(CN2CCC(O)C2)s1. The third-order valence-corrected chi connectivity index (χ3v) is 2.83. The third kappa shape index (κ3) is 2.15. The van der Waals surface area contributed by atoms with Gasteiger partial charge in [0.15, 0.2) is 0 Å². The first-order chi connectivity index (χ1) is 6.24. The van der Waals surface area contributed by atoms with Crippen LogP contribution in [0.2, 0.25) is 0 Å². The van der Waals surface area contributed by atoms with Crippen molar-refractivity contribution in [2.75, 3.05) is 18.8 Å². The Labute approximate surface area is 80.2 Å². The monoisotopic (exact) mass is 200 g/mol. The topological polar surface area (TPSA) is 75.3 Å². The summed E-state index contributed by atoms with van der Waals surface area (Å²) in [5.74, 6) is 0. The summed E-state index contributed by atoms with van der Waals surface area (Å²) in [4.78, 5) is 2.16. The number of hydrogen-bond acceptors (Lipinski definition) is 6. The second kappa shape index (κ2) is 3.57. The molecule has 2 rings (SSSR count). The normalized spacial score (nSPS) is 23.9. The van der Waals surface area contributed by atoms with E-state index < -0.39 is 0 Å². The summed E-state index contributed by atoms with van der Waals surface area (Å²) in [6.07, 6.45) is 0.680. The smallest absolute Gasteiger partial charge is 0.203 e. The molecular weight excluding hydrogens is 188 g/mol. The first-order valence-corrected chi connectivity index (χ1v) is 5.04.